The Morgan fingerprint density at radius 1 is 0.826 bits per heavy atom. The number of furan rings is 2. The highest BCUT2D eigenvalue weighted by molar-refractivity contribution is 6.31. The molecule has 0 unspecified atom stereocenters. The zero-order valence-corrected chi connectivity index (χ0v) is 28.0. The van der Waals surface area contributed by atoms with Crippen LogP contribution in [0.1, 0.15) is 80.8 Å². The van der Waals surface area contributed by atoms with Crippen LogP contribution in [0.4, 0.5) is 25.0 Å². The van der Waals surface area contributed by atoms with E-state index in [4.69, 9.17) is 37.8 Å². The van der Waals surface area contributed by atoms with Crippen LogP contribution in [0, 0.1) is 31.4 Å². The summed E-state index contributed by atoms with van der Waals surface area (Å²) in [7, 11) is 0. The normalized spacial score (nSPS) is 14.7. The Kier molecular flexibility index (Phi) is 13.4. The van der Waals surface area contributed by atoms with E-state index in [2.05, 4.69) is 17.4 Å². The van der Waals surface area contributed by atoms with Gasteiger partial charge in [-0.15, -0.1) is 0 Å². The monoisotopic (exact) mass is 673 g/mol. The second-order valence-corrected chi connectivity index (χ2v) is 12.9. The molecular formula is C36H43Cl2F2N3O3. The number of aryl methyl sites for hydroxylation is 3. The lowest BCUT2D eigenvalue weighted by Gasteiger charge is -2.28. The largest absolute Gasteiger partial charge is 0.466 e. The standard InChI is InChI=1S/C18H20ClFN2O2.C12H18O.C6H5ClFN/c1-12-6-8-15(24-12)11-22(14-4-2-3-5-14)18(23)21-17-9-7-13(19)10-16(17)20;1-10-6-8-12(13-10)9-7-11-4-2-3-5-11;7-4-1-2-6(9)5(8)3-4/h6-10,14H,2-5,11H2,1H3,(H,21,23);6,8,11H,2-5,7,9H2,1H3;1-3H,9H2. The molecule has 10 heteroatoms. The number of nitrogens with zero attached hydrogens (tertiary/aromatic N) is 1. The van der Waals surface area contributed by atoms with Crippen molar-refractivity contribution in [3.8, 4) is 0 Å². The SMILES string of the molecule is Cc1ccc(CCC2CCCC2)o1.Cc1ccc(CN(C(=O)Nc2ccc(Cl)cc2F)C2CCCC2)o1.Nc1ccc(Cl)cc1F. The number of halogens is 4. The molecule has 0 bridgehead atoms. The van der Waals surface area contributed by atoms with Gasteiger partial charge in [0.2, 0.25) is 0 Å². The van der Waals surface area contributed by atoms with Gasteiger partial charge in [-0.3, -0.25) is 0 Å². The molecule has 6 nitrogen and oxygen atoms in total. The molecule has 2 heterocycles. The maximum absolute atomic E-state index is 13.9. The number of nitrogen functional groups attached to an aromatic ring is 1. The van der Waals surface area contributed by atoms with E-state index in [1.165, 1.54) is 62.1 Å². The summed E-state index contributed by atoms with van der Waals surface area (Å²) >= 11 is 11.2. The summed E-state index contributed by atoms with van der Waals surface area (Å²) in [6.07, 6.45) is 12.4. The lowest BCUT2D eigenvalue weighted by molar-refractivity contribution is 0.177. The van der Waals surface area contributed by atoms with Crippen molar-refractivity contribution in [3.63, 3.8) is 0 Å². The van der Waals surface area contributed by atoms with E-state index in [0.29, 0.717) is 16.6 Å². The summed E-state index contributed by atoms with van der Waals surface area (Å²) in [4.78, 5) is 14.5. The summed E-state index contributed by atoms with van der Waals surface area (Å²) < 4.78 is 37.5. The quantitative estimate of drug-likeness (QED) is 0.191. The fourth-order valence-electron chi connectivity index (χ4n) is 5.86. The molecule has 0 spiro atoms. The molecule has 0 aliphatic heterocycles. The van der Waals surface area contributed by atoms with Crippen LogP contribution >= 0.6 is 23.2 Å². The first-order valence-electron chi connectivity index (χ1n) is 15.9. The van der Waals surface area contributed by atoms with Gasteiger partial charge in [-0.2, -0.15) is 0 Å². The third-order valence-electron chi connectivity index (χ3n) is 8.35. The number of hydrogen-bond donors (Lipinski definition) is 2. The number of nitrogens with two attached hydrogens (primary N) is 1. The molecule has 2 aromatic carbocycles. The average molecular weight is 675 g/mol. The maximum Gasteiger partial charge on any atom is 0.322 e. The van der Waals surface area contributed by atoms with Crippen molar-refractivity contribution in [2.75, 3.05) is 11.1 Å². The van der Waals surface area contributed by atoms with Crippen LogP contribution in [0.15, 0.2) is 69.5 Å². The van der Waals surface area contributed by atoms with E-state index in [1.54, 1.807) is 17.0 Å². The zero-order chi connectivity index (χ0) is 33.1. The molecule has 2 amide bonds. The first kappa shape index (κ1) is 35.4. The number of amides is 2. The minimum Gasteiger partial charge on any atom is -0.466 e. The Labute approximate surface area is 280 Å². The number of rotatable bonds is 7. The van der Waals surface area contributed by atoms with E-state index < -0.39 is 11.6 Å². The van der Waals surface area contributed by atoms with Crippen molar-refractivity contribution < 1.29 is 22.4 Å². The van der Waals surface area contributed by atoms with Crippen molar-refractivity contribution in [1.82, 2.24) is 4.90 Å². The van der Waals surface area contributed by atoms with Gasteiger partial charge in [-0.1, -0.05) is 61.7 Å². The van der Waals surface area contributed by atoms with Gasteiger partial charge in [0, 0.05) is 22.5 Å². The fourth-order valence-corrected chi connectivity index (χ4v) is 6.18. The summed E-state index contributed by atoms with van der Waals surface area (Å²) in [5.74, 6) is 3.71. The predicted octanol–water partition coefficient (Wildman–Crippen LogP) is 11.1. The zero-order valence-electron chi connectivity index (χ0n) is 26.5. The molecule has 6 rings (SSSR count). The van der Waals surface area contributed by atoms with Crippen LogP contribution in [0.5, 0.6) is 0 Å². The van der Waals surface area contributed by atoms with Gasteiger partial charge in [0.05, 0.1) is 17.9 Å². The van der Waals surface area contributed by atoms with Gasteiger partial charge in [0.15, 0.2) is 0 Å². The van der Waals surface area contributed by atoms with Gasteiger partial charge in [0.1, 0.15) is 34.7 Å². The molecule has 0 saturated heterocycles. The first-order chi connectivity index (χ1) is 22.1. The number of carbonyl (C=O) groups excluding carboxylic acids is 1. The Bertz CT molecular complexity index is 1540. The Balaban J connectivity index is 0.000000181. The minimum atomic E-state index is -0.545. The van der Waals surface area contributed by atoms with Crippen molar-refractivity contribution in [1.29, 1.82) is 0 Å². The molecule has 2 fully saturated rings. The molecule has 248 valence electrons. The lowest BCUT2D eigenvalue weighted by atomic mass is 10.0. The summed E-state index contributed by atoms with van der Waals surface area (Å²) in [5, 5.41) is 3.31. The number of hydrogen-bond acceptors (Lipinski definition) is 4. The van der Waals surface area contributed by atoms with E-state index >= 15 is 0 Å². The summed E-state index contributed by atoms with van der Waals surface area (Å²) in [5.41, 5.74) is 5.41. The third kappa shape index (κ3) is 11.1. The topological polar surface area (TPSA) is 84.6 Å². The second kappa shape index (κ2) is 17.4. The molecule has 2 aliphatic carbocycles. The second-order valence-electron chi connectivity index (χ2n) is 12.0. The minimum absolute atomic E-state index is 0.124. The molecule has 4 aromatic rings. The van der Waals surface area contributed by atoms with Gasteiger partial charge in [0.25, 0.3) is 0 Å². The van der Waals surface area contributed by atoms with E-state index in [9.17, 15) is 13.6 Å². The molecule has 2 aromatic heterocycles. The van der Waals surface area contributed by atoms with Crippen LogP contribution in [0.25, 0.3) is 0 Å². The van der Waals surface area contributed by atoms with Crippen LogP contribution in [-0.2, 0) is 13.0 Å². The first-order valence-corrected chi connectivity index (χ1v) is 16.7. The van der Waals surface area contributed by atoms with Gasteiger partial charge in [-0.05, 0) is 99.7 Å². The fraction of sp³-hybridized carbons (Fsp3) is 0.417. The molecule has 0 radical (unpaired) electrons. The van der Waals surface area contributed by atoms with E-state index in [1.807, 2.05) is 26.0 Å². The molecule has 46 heavy (non-hydrogen) atoms. The number of anilines is 2. The molecule has 2 aliphatic rings. The van der Waals surface area contributed by atoms with E-state index in [0.717, 1.165) is 55.3 Å². The molecule has 2 saturated carbocycles. The van der Waals surface area contributed by atoms with Gasteiger partial charge >= 0.3 is 6.03 Å². The maximum atomic E-state index is 13.9. The predicted molar refractivity (Wildman–Crippen MR) is 181 cm³/mol. The van der Waals surface area contributed by atoms with Crippen LogP contribution in [0.3, 0.4) is 0 Å². The number of nitrogens with one attached hydrogen (secondary N) is 1. The highest BCUT2D eigenvalue weighted by Gasteiger charge is 2.28. The van der Waals surface area contributed by atoms with Crippen LogP contribution in [0.2, 0.25) is 10.0 Å². The summed E-state index contributed by atoms with van der Waals surface area (Å²) in [6, 6.07) is 16.1. The number of carbonyl (C=O) groups is 1. The Morgan fingerprint density at radius 3 is 1.93 bits per heavy atom. The third-order valence-corrected chi connectivity index (χ3v) is 8.82. The highest BCUT2D eigenvalue weighted by atomic mass is 35.5. The number of urea groups is 1. The van der Waals surface area contributed by atoms with Crippen LogP contribution in [-0.4, -0.2) is 17.0 Å². The molecule has 0 atom stereocenters. The number of benzene rings is 2. The smallest absolute Gasteiger partial charge is 0.322 e. The van der Waals surface area contributed by atoms with Crippen molar-refractivity contribution in [3.05, 3.63) is 105 Å². The van der Waals surface area contributed by atoms with Crippen molar-refractivity contribution >= 4 is 40.6 Å². The average Bonchev–Trinajstić information content (AvgIpc) is 3.85. The van der Waals surface area contributed by atoms with Gasteiger partial charge < -0.3 is 24.8 Å². The highest BCUT2D eigenvalue weighted by Crippen LogP contribution is 2.29. The molecular weight excluding hydrogens is 631 g/mol. The van der Waals surface area contributed by atoms with Crippen molar-refractivity contribution in [2.24, 2.45) is 5.92 Å². The van der Waals surface area contributed by atoms with Crippen molar-refractivity contribution in [2.45, 2.75) is 90.6 Å². The van der Waals surface area contributed by atoms with Gasteiger partial charge in [-0.25, -0.2) is 13.6 Å². The van der Waals surface area contributed by atoms with E-state index in [-0.39, 0.29) is 23.4 Å². The lowest BCUT2D eigenvalue weighted by Crippen LogP contribution is -2.41. The Hall–Kier alpha value is -3.49. The summed E-state index contributed by atoms with van der Waals surface area (Å²) in [6.45, 7) is 4.26. The molecule has 3 N–H and O–H groups in total. The Morgan fingerprint density at radius 2 is 1.39 bits per heavy atom. The van der Waals surface area contributed by atoms with Crippen LogP contribution < -0.4 is 11.1 Å².